The lowest BCUT2D eigenvalue weighted by molar-refractivity contribution is 0.419. The average molecular weight is 213 g/mol. The first-order chi connectivity index (χ1) is 7.67. The summed E-state index contributed by atoms with van der Waals surface area (Å²) < 4.78 is 5.21. The number of ether oxygens (including phenoxy) is 1. The lowest BCUT2D eigenvalue weighted by atomic mass is 10.0. The Hall–Kier alpha value is -2.28. The second-order valence-electron chi connectivity index (χ2n) is 3.51. The van der Waals surface area contributed by atoms with Crippen molar-refractivity contribution < 1.29 is 4.74 Å². The number of aryl methyl sites for hydroxylation is 1. The Morgan fingerprint density at radius 3 is 2.81 bits per heavy atom. The van der Waals surface area contributed by atoms with Gasteiger partial charge in [-0.3, -0.25) is 0 Å². The Labute approximate surface area is 93.3 Å². The molecule has 16 heavy (non-hydrogen) atoms. The van der Waals surface area contributed by atoms with Gasteiger partial charge in [0.2, 0.25) is 0 Å². The van der Waals surface area contributed by atoms with Gasteiger partial charge in [0.05, 0.1) is 18.7 Å². The molecule has 0 unspecified atom stereocenters. The molecule has 4 nitrogen and oxygen atoms in total. The van der Waals surface area contributed by atoms with Crippen molar-refractivity contribution in [3.63, 3.8) is 0 Å². The van der Waals surface area contributed by atoms with Gasteiger partial charge >= 0.3 is 0 Å². The Balaban J connectivity index is 2.98. The highest BCUT2D eigenvalue weighted by molar-refractivity contribution is 5.93. The summed E-state index contributed by atoms with van der Waals surface area (Å²) in [6.45, 7) is 1.93. The molecule has 0 amide bonds. The van der Waals surface area contributed by atoms with E-state index in [1.165, 1.54) is 0 Å². The fourth-order valence-electron chi connectivity index (χ4n) is 1.76. The van der Waals surface area contributed by atoms with Gasteiger partial charge in [-0.1, -0.05) is 6.07 Å². The van der Waals surface area contributed by atoms with Crippen LogP contribution in [-0.4, -0.2) is 12.1 Å². The van der Waals surface area contributed by atoms with Crippen LogP contribution in [-0.2, 0) is 0 Å². The number of rotatable bonds is 1. The first-order valence-corrected chi connectivity index (χ1v) is 4.81. The van der Waals surface area contributed by atoms with E-state index in [-0.39, 0.29) is 0 Å². The van der Waals surface area contributed by atoms with Crippen LogP contribution in [0.1, 0.15) is 11.1 Å². The maximum atomic E-state index is 9.07. The second kappa shape index (κ2) is 3.70. The largest absolute Gasteiger partial charge is 0.494 e. The predicted octanol–water partition coefficient (Wildman–Crippen LogP) is 2.01. The minimum absolute atomic E-state index is 0.327. The van der Waals surface area contributed by atoms with Crippen LogP contribution in [0.4, 0.5) is 5.82 Å². The van der Waals surface area contributed by atoms with E-state index in [2.05, 4.69) is 11.1 Å². The summed E-state index contributed by atoms with van der Waals surface area (Å²) in [7, 11) is 1.57. The zero-order chi connectivity index (χ0) is 11.7. The van der Waals surface area contributed by atoms with E-state index in [0.29, 0.717) is 22.6 Å². The molecule has 1 heterocycles. The summed E-state index contributed by atoms with van der Waals surface area (Å²) in [5.41, 5.74) is 7.81. The summed E-state index contributed by atoms with van der Waals surface area (Å²) in [4.78, 5) is 4.22. The molecule has 0 spiro atoms. The molecule has 0 radical (unpaired) electrons. The van der Waals surface area contributed by atoms with Gasteiger partial charge < -0.3 is 10.5 Å². The maximum Gasteiger partial charge on any atom is 0.145 e. The number of nitrogen functional groups attached to an aromatic ring is 1. The molecule has 0 bridgehead atoms. The van der Waals surface area contributed by atoms with Gasteiger partial charge in [-0.2, -0.15) is 5.26 Å². The van der Waals surface area contributed by atoms with Crippen LogP contribution in [0.2, 0.25) is 0 Å². The molecule has 0 aliphatic carbocycles. The molecule has 0 saturated carbocycles. The zero-order valence-electron chi connectivity index (χ0n) is 9.11. The number of aromatic nitrogens is 1. The number of hydrogen-bond acceptors (Lipinski definition) is 4. The third-order valence-electron chi connectivity index (χ3n) is 2.49. The first-order valence-electron chi connectivity index (χ1n) is 4.81. The van der Waals surface area contributed by atoms with Crippen molar-refractivity contribution in [3.05, 3.63) is 29.3 Å². The van der Waals surface area contributed by atoms with Gasteiger partial charge in [0.15, 0.2) is 0 Å². The van der Waals surface area contributed by atoms with Gasteiger partial charge in [-0.05, 0) is 24.6 Å². The number of nitrogens with zero attached hydrogens (tertiary/aromatic N) is 2. The van der Waals surface area contributed by atoms with Crippen molar-refractivity contribution in [2.24, 2.45) is 0 Å². The van der Waals surface area contributed by atoms with Crippen molar-refractivity contribution in [2.45, 2.75) is 6.92 Å². The first kappa shape index (κ1) is 10.2. The summed E-state index contributed by atoms with van der Waals surface area (Å²) in [6, 6.07) is 7.43. The number of hydrogen-bond donors (Lipinski definition) is 1. The molecule has 2 N–H and O–H groups in total. The molecule has 1 aromatic carbocycles. The Bertz CT molecular complexity index is 599. The highest BCUT2D eigenvalue weighted by atomic mass is 16.5. The molecule has 0 atom stereocenters. The van der Waals surface area contributed by atoms with Crippen LogP contribution in [0, 0.1) is 18.3 Å². The molecule has 0 aliphatic heterocycles. The van der Waals surface area contributed by atoms with E-state index >= 15 is 0 Å². The summed E-state index contributed by atoms with van der Waals surface area (Å²) >= 11 is 0. The number of benzene rings is 1. The van der Waals surface area contributed by atoms with Crippen LogP contribution in [0.3, 0.4) is 0 Å². The highest BCUT2D eigenvalue weighted by Crippen LogP contribution is 2.29. The molecule has 2 rings (SSSR count). The third-order valence-corrected chi connectivity index (χ3v) is 2.49. The van der Waals surface area contributed by atoms with Crippen LogP contribution in [0.15, 0.2) is 18.2 Å². The molecule has 1 aromatic heterocycles. The lowest BCUT2D eigenvalue weighted by Gasteiger charge is -2.09. The molecule has 80 valence electrons. The van der Waals surface area contributed by atoms with Gasteiger partial charge in [-0.15, -0.1) is 0 Å². The quantitative estimate of drug-likeness (QED) is 0.786. The molecule has 2 aromatic rings. The number of fused-ring (bicyclic) bond motifs is 1. The molecule has 4 heteroatoms. The van der Waals surface area contributed by atoms with Crippen LogP contribution in [0.25, 0.3) is 10.9 Å². The second-order valence-corrected chi connectivity index (χ2v) is 3.51. The Kier molecular flexibility index (Phi) is 2.37. The summed E-state index contributed by atoms with van der Waals surface area (Å²) in [6.07, 6.45) is 0. The number of nitriles is 1. The van der Waals surface area contributed by atoms with Gasteiger partial charge in [0, 0.05) is 5.39 Å². The topological polar surface area (TPSA) is 71.9 Å². The molecular formula is C12H11N3O. The fourth-order valence-corrected chi connectivity index (χ4v) is 1.76. The van der Waals surface area contributed by atoms with Crippen molar-refractivity contribution >= 4 is 16.7 Å². The van der Waals surface area contributed by atoms with Crippen molar-refractivity contribution in [1.29, 1.82) is 5.26 Å². The van der Waals surface area contributed by atoms with Crippen molar-refractivity contribution in [1.82, 2.24) is 4.98 Å². The van der Waals surface area contributed by atoms with Gasteiger partial charge in [0.1, 0.15) is 17.1 Å². The monoisotopic (exact) mass is 213 g/mol. The summed E-state index contributed by atoms with van der Waals surface area (Å²) in [5, 5.41) is 9.88. The Morgan fingerprint density at radius 1 is 1.44 bits per heavy atom. The maximum absolute atomic E-state index is 9.07. The molecule has 0 fully saturated rings. The number of nitrogens with two attached hydrogens (primary N) is 1. The van der Waals surface area contributed by atoms with E-state index in [1.54, 1.807) is 13.2 Å². The minimum atomic E-state index is 0.327. The van der Waals surface area contributed by atoms with Gasteiger partial charge in [0.25, 0.3) is 0 Å². The zero-order valence-corrected chi connectivity index (χ0v) is 9.11. The molecule has 0 aliphatic rings. The van der Waals surface area contributed by atoms with E-state index < -0.39 is 0 Å². The predicted molar refractivity (Wildman–Crippen MR) is 62.2 cm³/mol. The van der Waals surface area contributed by atoms with Gasteiger partial charge in [-0.25, -0.2) is 4.98 Å². The molecular weight excluding hydrogens is 202 g/mol. The van der Waals surface area contributed by atoms with E-state index in [1.807, 2.05) is 19.1 Å². The number of pyridine rings is 1. The fraction of sp³-hybridized carbons (Fsp3) is 0.167. The average Bonchev–Trinajstić information content (AvgIpc) is 2.28. The Morgan fingerprint density at radius 2 is 2.19 bits per heavy atom. The van der Waals surface area contributed by atoms with Crippen molar-refractivity contribution in [2.75, 3.05) is 12.8 Å². The summed E-state index contributed by atoms with van der Waals surface area (Å²) in [5.74, 6) is 0.956. The van der Waals surface area contributed by atoms with E-state index in [4.69, 9.17) is 15.7 Å². The lowest BCUT2D eigenvalue weighted by Crippen LogP contribution is -1.97. The van der Waals surface area contributed by atoms with Crippen LogP contribution in [0.5, 0.6) is 5.75 Å². The van der Waals surface area contributed by atoms with Crippen LogP contribution < -0.4 is 10.5 Å². The smallest absolute Gasteiger partial charge is 0.145 e. The SMILES string of the molecule is COc1ccc(C)c2c(C#N)cc(N)nc12. The van der Waals surface area contributed by atoms with Crippen LogP contribution >= 0.6 is 0 Å². The highest BCUT2D eigenvalue weighted by Gasteiger charge is 2.10. The van der Waals surface area contributed by atoms with E-state index in [0.717, 1.165) is 10.9 Å². The number of methoxy groups -OCH3 is 1. The van der Waals surface area contributed by atoms with Crippen molar-refractivity contribution in [3.8, 4) is 11.8 Å². The standard InChI is InChI=1S/C12H11N3O/c1-7-3-4-9(16-2)12-11(7)8(6-13)5-10(14)15-12/h3-5H,1-2H3,(H2,14,15). The molecule has 0 saturated heterocycles. The minimum Gasteiger partial charge on any atom is -0.494 e. The third kappa shape index (κ3) is 1.43. The number of anilines is 1. The normalized spacial score (nSPS) is 10.1. The van der Waals surface area contributed by atoms with E-state index in [9.17, 15) is 0 Å².